The van der Waals surface area contributed by atoms with Crippen LogP contribution in [0.4, 0.5) is 5.69 Å². The number of aliphatic imine (C=N–C) groups is 1. The summed E-state index contributed by atoms with van der Waals surface area (Å²) in [5.41, 5.74) is 1.53. The van der Waals surface area contributed by atoms with Gasteiger partial charge < -0.3 is 9.47 Å². The summed E-state index contributed by atoms with van der Waals surface area (Å²) in [6, 6.07) is 10.7. The number of nitrogens with zero attached hydrogens (tertiary/aromatic N) is 1. The van der Waals surface area contributed by atoms with Crippen molar-refractivity contribution in [2.24, 2.45) is 4.99 Å². The highest BCUT2D eigenvalue weighted by atomic mass is 35.5. The Morgan fingerprint density at radius 2 is 1.75 bits per heavy atom. The van der Waals surface area contributed by atoms with E-state index in [1.165, 1.54) is 0 Å². The zero-order valence-electron chi connectivity index (χ0n) is 11.1. The lowest BCUT2D eigenvalue weighted by Gasteiger charge is -2.06. The van der Waals surface area contributed by atoms with Crippen molar-refractivity contribution in [3.63, 3.8) is 0 Å². The molecule has 2 rings (SSSR count). The van der Waals surface area contributed by atoms with Crippen LogP contribution < -0.4 is 9.47 Å². The number of halogens is 2. The largest absolute Gasteiger partial charge is 0.497 e. The van der Waals surface area contributed by atoms with Crippen molar-refractivity contribution in [2.45, 2.75) is 0 Å². The fourth-order valence-corrected chi connectivity index (χ4v) is 1.94. The van der Waals surface area contributed by atoms with Crippen LogP contribution >= 0.6 is 23.2 Å². The highest BCUT2D eigenvalue weighted by Crippen LogP contribution is 2.31. The maximum Gasteiger partial charge on any atom is 0.144 e. The molecule has 0 fully saturated rings. The van der Waals surface area contributed by atoms with E-state index in [0.29, 0.717) is 27.2 Å². The molecule has 5 heteroatoms. The number of methoxy groups -OCH3 is 2. The van der Waals surface area contributed by atoms with Crippen LogP contribution in [-0.4, -0.2) is 20.4 Å². The van der Waals surface area contributed by atoms with Crippen LogP contribution in [0.25, 0.3) is 0 Å². The third kappa shape index (κ3) is 3.44. The molecule has 0 spiro atoms. The maximum atomic E-state index is 5.96. The lowest BCUT2D eigenvalue weighted by atomic mass is 10.2. The van der Waals surface area contributed by atoms with E-state index in [2.05, 4.69) is 4.99 Å². The van der Waals surface area contributed by atoms with E-state index in [4.69, 9.17) is 32.7 Å². The van der Waals surface area contributed by atoms with E-state index in [-0.39, 0.29) is 0 Å². The molecule has 0 amide bonds. The van der Waals surface area contributed by atoms with Crippen LogP contribution in [0.15, 0.2) is 41.4 Å². The van der Waals surface area contributed by atoms with E-state index in [9.17, 15) is 0 Å². The summed E-state index contributed by atoms with van der Waals surface area (Å²) in [5, 5.41) is 1.01. The van der Waals surface area contributed by atoms with Crippen molar-refractivity contribution >= 4 is 35.1 Å². The van der Waals surface area contributed by atoms with Crippen molar-refractivity contribution in [2.75, 3.05) is 14.2 Å². The van der Waals surface area contributed by atoms with Crippen LogP contribution in [0.3, 0.4) is 0 Å². The molecule has 0 aliphatic heterocycles. The van der Waals surface area contributed by atoms with Gasteiger partial charge in [-0.1, -0.05) is 29.3 Å². The Hall–Kier alpha value is -1.71. The predicted molar refractivity (Wildman–Crippen MR) is 83.3 cm³/mol. The molecule has 0 saturated heterocycles. The predicted octanol–water partition coefficient (Wildman–Crippen LogP) is 4.76. The molecule has 0 radical (unpaired) electrons. The quantitative estimate of drug-likeness (QED) is 0.762. The Bertz CT molecular complexity index is 642. The topological polar surface area (TPSA) is 30.8 Å². The number of hydrogen-bond donors (Lipinski definition) is 0. The van der Waals surface area contributed by atoms with Crippen molar-refractivity contribution in [1.29, 1.82) is 0 Å². The first kappa shape index (κ1) is 14.7. The van der Waals surface area contributed by atoms with Gasteiger partial charge in [-0.05, 0) is 29.8 Å². The average Bonchev–Trinajstić information content (AvgIpc) is 2.48. The number of benzene rings is 2. The number of hydrogen-bond acceptors (Lipinski definition) is 3. The lowest BCUT2D eigenvalue weighted by molar-refractivity contribution is 0.404. The summed E-state index contributed by atoms with van der Waals surface area (Å²) in [7, 11) is 3.20. The summed E-state index contributed by atoms with van der Waals surface area (Å²) in [6.07, 6.45) is 1.69. The van der Waals surface area contributed by atoms with Gasteiger partial charge >= 0.3 is 0 Å². The minimum atomic E-state index is 0.494. The van der Waals surface area contributed by atoms with E-state index in [0.717, 1.165) is 5.56 Å². The van der Waals surface area contributed by atoms with Crippen LogP contribution in [0, 0.1) is 0 Å². The number of rotatable bonds is 4. The van der Waals surface area contributed by atoms with Gasteiger partial charge in [-0.15, -0.1) is 0 Å². The van der Waals surface area contributed by atoms with Crippen molar-refractivity contribution in [3.05, 3.63) is 52.0 Å². The third-order valence-electron chi connectivity index (χ3n) is 2.68. The highest BCUT2D eigenvalue weighted by molar-refractivity contribution is 6.42. The normalized spacial score (nSPS) is 10.8. The molecule has 0 N–H and O–H groups in total. The summed E-state index contributed by atoms with van der Waals surface area (Å²) in [5.74, 6) is 1.38. The Kier molecular flexibility index (Phi) is 4.88. The Balaban J connectivity index is 2.32. The van der Waals surface area contributed by atoms with Crippen LogP contribution in [0.5, 0.6) is 11.5 Å². The molecule has 104 valence electrons. The minimum absolute atomic E-state index is 0.494. The molecular weight excluding hydrogens is 297 g/mol. The molecule has 2 aromatic carbocycles. The second kappa shape index (κ2) is 6.64. The van der Waals surface area contributed by atoms with E-state index in [1.54, 1.807) is 44.7 Å². The molecule has 0 saturated carbocycles. The Labute approximate surface area is 127 Å². The van der Waals surface area contributed by atoms with Gasteiger partial charge in [-0.25, -0.2) is 0 Å². The van der Waals surface area contributed by atoms with Crippen LogP contribution in [0.1, 0.15) is 5.56 Å². The standard InChI is InChI=1S/C15H13Cl2NO2/c1-19-11-4-6-15(20-2)14(8-11)18-9-10-3-5-12(16)13(17)7-10/h3-9H,1-2H3. The first-order chi connectivity index (χ1) is 9.63. The highest BCUT2D eigenvalue weighted by Gasteiger charge is 2.03. The van der Waals surface area contributed by atoms with Gasteiger partial charge in [0.25, 0.3) is 0 Å². The van der Waals surface area contributed by atoms with Gasteiger partial charge in [0.1, 0.15) is 17.2 Å². The number of ether oxygens (including phenoxy) is 2. The van der Waals surface area contributed by atoms with Gasteiger partial charge in [0, 0.05) is 12.3 Å². The van der Waals surface area contributed by atoms with Gasteiger partial charge in [-0.3, -0.25) is 4.99 Å². The van der Waals surface area contributed by atoms with Crippen molar-refractivity contribution < 1.29 is 9.47 Å². The smallest absolute Gasteiger partial charge is 0.144 e. The summed E-state index contributed by atoms with van der Waals surface area (Å²) < 4.78 is 10.4. The van der Waals surface area contributed by atoms with Crippen LogP contribution in [0.2, 0.25) is 10.0 Å². The Morgan fingerprint density at radius 1 is 0.950 bits per heavy atom. The molecule has 0 heterocycles. The summed E-state index contributed by atoms with van der Waals surface area (Å²) in [4.78, 5) is 4.39. The lowest BCUT2D eigenvalue weighted by Crippen LogP contribution is -1.87. The van der Waals surface area contributed by atoms with Gasteiger partial charge in [0.15, 0.2) is 0 Å². The summed E-state index contributed by atoms with van der Waals surface area (Å²) >= 11 is 11.8. The molecule has 3 nitrogen and oxygen atoms in total. The zero-order valence-corrected chi connectivity index (χ0v) is 12.6. The van der Waals surface area contributed by atoms with Crippen molar-refractivity contribution in [1.82, 2.24) is 0 Å². The fraction of sp³-hybridized carbons (Fsp3) is 0.133. The third-order valence-corrected chi connectivity index (χ3v) is 3.42. The first-order valence-electron chi connectivity index (χ1n) is 5.85. The molecule has 2 aromatic rings. The molecule has 0 aromatic heterocycles. The molecule has 0 bridgehead atoms. The van der Waals surface area contributed by atoms with Gasteiger partial charge in [0.05, 0.1) is 24.3 Å². The van der Waals surface area contributed by atoms with E-state index < -0.39 is 0 Å². The molecule has 0 atom stereocenters. The van der Waals surface area contributed by atoms with E-state index in [1.807, 2.05) is 12.1 Å². The molecular formula is C15H13Cl2NO2. The molecule has 0 aliphatic rings. The SMILES string of the molecule is COc1ccc(OC)c(N=Cc2ccc(Cl)c(Cl)c2)c1. The molecule has 0 unspecified atom stereocenters. The first-order valence-corrected chi connectivity index (χ1v) is 6.61. The van der Waals surface area contributed by atoms with Crippen molar-refractivity contribution in [3.8, 4) is 11.5 Å². The fourth-order valence-electron chi connectivity index (χ4n) is 1.63. The van der Waals surface area contributed by atoms with Gasteiger partial charge in [-0.2, -0.15) is 0 Å². The Morgan fingerprint density at radius 3 is 2.40 bits per heavy atom. The zero-order chi connectivity index (χ0) is 14.5. The summed E-state index contributed by atoms with van der Waals surface area (Å²) in [6.45, 7) is 0. The molecule has 20 heavy (non-hydrogen) atoms. The minimum Gasteiger partial charge on any atom is -0.497 e. The second-order valence-corrected chi connectivity index (χ2v) is 4.78. The monoisotopic (exact) mass is 309 g/mol. The molecule has 0 aliphatic carbocycles. The van der Waals surface area contributed by atoms with E-state index >= 15 is 0 Å². The van der Waals surface area contributed by atoms with Gasteiger partial charge in [0.2, 0.25) is 0 Å². The average molecular weight is 310 g/mol. The second-order valence-electron chi connectivity index (χ2n) is 3.97. The van der Waals surface area contributed by atoms with Crippen LogP contribution in [-0.2, 0) is 0 Å². The maximum absolute atomic E-state index is 5.96.